The van der Waals surface area contributed by atoms with Crippen molar-refractivity contribution >= 4 is 43.5 Å². The van der Waals surface area contributed by atoms with Crippen molar-refractivity contribution in [3.63, 3.8) is 0 Å². The van der Waals surface area contributed by atoms with E-state index in [-0.39, 0.29) is 18.0 Å². The molecule has 0 aliphatic heterocycles. The number of alkyl carbamates (subject to hydrolysis) is 1. The molecule has 0 unspecified atom stereocenters. The summed E-state index contributed by atoms with van der Waals surface area (Å²) in [6.45, 7) is 7.23. The minimum Gasteiger partial charge on any atom is -0.444 e. The van der Waals surface area contributed by atoms with Crippen molar-refractivity contribution in [3.05, 3.63) is 84.8 Å². The third-order valence-corrected chi connectivity index (χ3v) is 8.21. The van der Waals surface area contributed by atoms with Crippen molar-refractivity contribution in [2.75, 3.05) is 17.4 Å². The summed E-state index contributed by atoms with van der Waals surface area (Å²) in [6.07, 6.45) is 2.59. The molecule has 0 fully saturated rings. The Morgan fingerprint density at radius 3 is 2.52 bits per heavy atom. The van der Waals surface area contributed by atoms with Crippen LogP contribution >= 0.6 is 0 Å². The zero-order chi connectivity index (χ0) is 28.5. The van der Waals surface area contributed by atoms with E-state index in [1.165, 1.54) is 10.5 Å². The number of fused-ring (bicyclic) bond motifs is 2. The van der Waals surface area contributed by atoms with Crippen LogP contribution in [0.25, 0.3) is 32.8 Å². The van der Waals surface area contributed by atoms with Gasteiger partial charge in [-0.05, 0) is 74.4 Å². The fourth-order valence-corrected chi connectivity index (χ4v) is 5.94. The smallest absolute Gasteiger partial charge is 0.407 e. The lowest BCUT2D eigenvalue weighted by Gasteiger charge is -2.26. The number of hydrogen-bond acceptors (Lipinski definition) is 6. The molecular weight excluding hydrogens is 526 g/mol. The first-order valence-electron chi connectivity index (χ1n) is 12.9. The highest BCUT2D eigenvalue weighted by molar-refractivity contribution is 7.92. The van der Waals surface area contributed by atoms with Gasteiger partial charge in [-0.1, -0.05) is 36.4 Å². The van der Waals surface area contributed by atoms with E-state index in [0.717, 1.165) is 38.5 Å². The number of nitrogens with one attached hydrogen (secondary N) is 2. The second-order valence-electron chi connectivity index (χ2n) is 10.5. The van der Waals surface area contributed by atoms with Gasteiger partial charge in [0.2, 0.25) is 0 Å². The Hall–Kier alpha value is -4.44. The Morgan fingerprint density at radius 2 is 1.75 bits per heavy atom. The number of hydrogen-bond donors (Lipinski definition) is 2. The number of pyridine rings is 1. The van der Waals surface area contributed by atoms with E-state index in [2.05, 4.69) is 20.5 Å². The van der Waals surface area contributed by atoms with Crippen molar-refractivity contribution in [3.8, 4) is 11.1 Å². The van der Waals surface area contributed by atoms with Crippen LogP contribution in [0.15, 0.2) is 84.0 Å². The van der Waals surface area contributed by atoms with E-state index in [1.54, 1.807) is 51.2 Å². The molecule has 0 aliphatic carbocycles. The number of anilines is 1. The van der Waals surface area contributed by atoms with Crippen LogP contribution in [-0.4, -0.2) is 48.4 Å². The van der Waals surface area contributed by atoms with Crippen molar-refractivity contribution in [1.29, 1.82) is 0 Å². The van der Waals surface area contributed by atoms with Crippen LogP contribution in [0, 0.1) is 6.92 Å². The second kappa shape index (κ2) is 10.6. The SMILES string of the molecule is Cc1n[nH]c2ccc(-c3cncc(N(CCNC(=O)OC(C)(C)C)S(=O)(=O)c4ccc5ccccc5c4)c3)cc12. The van der Waals surface area contributed by atoms with Crippen LogP contribution in [0.3, 0.4) is 0 Å². The van der Waals surface area contributed by atoms with Crippen LogP contribution < -0.4 is 9.62 Å². The third kappa shape index (κ3) is 5.76. The Bertz CT molecular complexity index is 1810. The predicted molar refractivity (Wildman–Crippen MR) is 157 cm³/mol. The summed E-state index contributed by atoms with van der Waals surface area (Å²) in [4.78, 5) is 16.8. The molecule has 9 nitrogen and oxygen atoms in total. The molecule has 0 radical (unpaired) electrons. The van der Waals surface area contributed by atoms with Gasteiger partial charge in [-0.3, -0.25) is 14.4 Å². The number of aromatic nitrogens is 3. The Labute approximate surface area is 233 Å². The monoisotopic (exact) mass is 557 g/mol. The molecule has 206 valence electrons. The normalized spacial score (nSPS) is 12.0. The molecule has 5 aromatic rings. The minimum absolute atomic E-state index is 0.0284. The summed E-state index contributed by atoms with van der Waals surface area (Å²) >= 11 is 0. The maximum absolute atomic E-state index is 14.1. The van der Waals surface area contributed by atoms with E-state index in [1.807, 2.05) is 49.4 Å². The fourth-order valence-electron chi connectivity index (χ4n) is 4.46. The highest BCUT2D eigenvalue weighted by Gasteiger charge is 2.26. The van der Waals surface area contributed by atoms with Gasteiger partial charge in [-0.15, -0.1) is 0 Å². The number of aromatic amines is 1. The lowest BCUT2D eigenvalue weighted by atomic mass is 10.0. The molecular formula is C30H31N5O4S. The first kappa shape index (κ1) is 27.1. The van der Waals surface area contributed by atoms with Gasteiger partial charge < -0.3 is 10.1 Å². The van der Waals surface area contributed by atoms with Crippen LogP contribution in [0.1, 0.15) is 26.5 Å². The molecule has 2 aromatic heterocycles. The van der Waals surface area contributed by atoms with Gasteiger partial charge in [-0.25, -0.2) is 13.2 Å². The van der Waals surface area contributed by atoms with E-state index >= 15 is 0 Å². The minimum atomic E-state index is -4.02. The highest BCUT2D eigenvalue weighted by Crippen LogP contribution is 2.30. The van der Waals surface area contributed by atoms with Crippen molar-refractivity contribution in [2.24, 2.45) is 0 Å². The molecule has 1 amide bonds. The van der Waals surface area contributed by atoms with Gasteiger partial charge in [0.1, 0.15) is 5.60 Å². The third-order valence-electron chi connectivity index (χ3n) is 6.39. The average molecular weight is 558 g/mol. The zero-order valence-corrected chi connectivity index (χ0v) is 23.6. The number of sulfonamides is 1. The van der Waals surface area contributed by atoms with E-state index in [9.17, 15) is 13.2 Å². The first-order valence-corrected chi connectivity index (χ1v) is 14.3. The number of carbonyl (C=O) groups is 1. The number of ether oxygens (including phenoxy) is 1. The lowest BCUT2D eigenvalue weighted by molar-refractivity contribution is 0.0529. The van der Waals surface area contributed by atoms with Crippen molar-refractivity contribution in [2.45, 2.75) is 38.2 Å². The summed E-state index contributed by atoms with van der Waals surface area (Å²) in [6, 6.07) is 20.3. The molecule has 0 saturated heterocycles. The number of rotatable bonds is 7. The summed E-state index contributed by atoms with van der Waals surface area (Å²) in [5.41, 5.74) is 3.11. The van der Waals surface area contributed by atoms with Gasteiger partial charge in [-0.2, -0.15) is 5.10 Å². The topological polar surface area (TPSA) is 117 Å². The molecule has 2 heterocycles. The number of amides is 1. The van der Waals surface area contributed by atoms with Crippen LogP contribution in [0.2, 0.25) is 0 Å². The van der Waals surface area contributed by atoms with Gasteiger partial charge in [0.15, 0.2) is 0 Å². The largest absolute Gasteiger partial charge is 0.444 e. The summed E-state index contributed by atoms with van der Waals surface area (Å²) in [5, 5.41) is 12.6. The first-order chi connectivity index (χ1) is 19.0. The fraction of sp³-hybridized carbons (Fsp3) is 0.233. The van der Waals surface area contributed by atoms with Crippen LogP contribution in [0.4, 0.5) is 10.5 Å². The standard InChI is InChI=1S/C30H31N5O4S/c1-20-27-17-23(10-12-28(27)34-33-20)24-15-25(19-31-18-24)35(14-13-32-29(36)39-30(2,3)4)40(37,38)26-11-9-21-7-5-6-8-22(21)16-26/h5-12,15-19H,13-14H2,1-4H3,(H,32,36)(H,33,34). The van der Waals surface area contributed by atoms with E-state index in [0.29, 0.717) is 5.69 Å². The van der Waals surface area contributed by atoms with Gasteiger partial charge >= 0.3 is 6.09 Å². The Kier molecular flexibility index (Phi) is 7.20. The molecule has 40 heavy (non-hydrogen) atoms. The van der Waals surface area contributed by atoms with Crippen molar-refractivity contribution < 1.29 is 17.9 Å². The molecule has 5 rings (SSSR count). The zero-order valence-electron chi connectivity index (χ0n) is 22.8. The molecule has 0 spiro atoms. The van der Waals surface area contributed by atoms with Crippen LogP contribution in [0.5, 0.6) is 0 Å². The Morgan fingerprint density at radius 1 is 0.975 bits per heavy atom. The van der Waals surface area contributed by atoms with E-state index < -0.39 is 21.7 Å². The quantitative estimate of drug-likeness (QED) is 0.261. The molecule has 2 N–H and O–H groups in total. The molecule has 0 aliphatic rings. The van der Waals surface area contributed by atoms with Crippen LogP contribution in [-0.2, 0) is 14.8 Å². The summed E-state index contributed by atoms with van der Waals surface area (Å²) in [7, 11) is -4.02. The average Bonchev–Trinajstić information content (AvgIpc) is 3.29. The lowest BCUT2D eigenvalue weighted by Crippen LogP contribution is -2.40. The molecule has 3 aromatic carbocycles. The van der Waals surface area contributed by atoms with E-state index in [4.69, 9.17) is 4.74 Å². The molecule has 0 atom stereocenters. The number of benzene rings is 3. The predicted octanol–water partition coefficient (Wildman–Crippen LogP) is 5.81. The van der Waals surface area contributed by atoms with Gasteiger partial charge in [0.25, 0.3) is 10.0 Å². The molecule has 0 saturated carbocycles. The molecule has 10 heteroatoms. The van der Waals surface area contributed by atoms with Crippen molar-refractivity contribution in [1.82, 2.24) is 20.5 Å². The maximum atomic E-state index is 14.1. The van der Waals surface area contributed by atoms with Gasteiger partial charge in [0, 0.05) is 23.7 Å². The maximum Gasteiger partial charge on any atom is 0.407 e. The number of nitrogens with zero attached hydrogens (tertiary/aromatic N) is 3. The number of aryl methyl sites for hydroxylation is 1. The number of H-pyrrole nitrogens is 1. The highest BCUT2D eigenvalue weighted by atomic mass is 32.2. The Balaban J connectivity index is 1.51. The molecule has 0 bridgehead atoms. The van der Waals surface area contributed by atoms with Gasteiger partial charge in [0.05, 0.1) is 34.5 Å². The summed E-state index contributed by atoms with van der Waals surface area (Å²) < 4.78 is 34.7. The second-order valence-corrected chi connectivity index (χ2v) is 12.4. The number of carbonyl (C=O) groups excluding carboxylic acids is 1. The summed E-state index contributed by atoms with van der Waals surface area (Å²) in [5.74, 6) is 0.